The van der Waals surface area contributed by atoms with Crippen LogP contribution in [0.25, 0.3) is 0 Å². The van der Waals surface area contributed by atoms with E-state index in [1.54, 1.807) is 0 Å². The van der Waals surface area contributed by atoms with Crippen LogP contribution in [-0.2, 0) is 0 Å². The van der Waals surface area contributed by atoms with Gasteiger partial charge in [-0.2, -0.15) is 0 Å². The topological polar surface area (TPSA) is 32.6 Å². The van der Waals surface area contributed by atoms with Crippen LogP contribution in [0.3, 0.4) is 0 Å². The van der Waals surface area contributed by atoms with Crippen molar-refractivity contribution in [2.75, 3.05) is 13.2 Å². The maximum atomic E-state index is 8.57. The number of hydrogen-bond donors (Lipinski definition) is 1. The first-order valence-electron chi connectivity index (χ1n) is 9.01. The average Bonchev–Trinajstić information content (AvgIpc) is 2.47. The van der Waals surface area contributed by atoms with E-state index in [1.807, 2.05) is 6.21 Å². The summed E-state index contributed by atoms with van der Waals surface area (Å²) in [6.07, 6.45) is 21.3. The van der Waals surface area contributed by atoms with E-state index >= 15 is 0 Å². The molecular formula is C18H37NO. The molecule has 0 aromatic carbocycles. The van der Waals surface area contributed by atoms with Crippen molar-refractivity contribution >= 4 is 6.21 Å². The largest absolute Gasteiger partial charge is 0.394 e. The number of hydrogen-bond acceptors (Lipinski definition) is 2. The number of rotatable bonds is 16. The molecule has 2 heteroatoms. The third kappa shape index (κ3) is 17.6. The molecule has 1 N–H and O–H groups in total. The van der Waals surface area contributed by atoms with Crippen molar-refractivity contribution in [3.8, 4) is 0 Å². The Labute approximate surface area is 127 Å². The first-order valence-corrected chi connectivity index (χ1v) is 9.01. The lowest BCUT2D eigenvalue weighted by Gasteiger charge is -2.02. The molecule has 0 saturated carbocycles. The van der Waals surface area contributed by atoms with Crippen molar-refractivity contribution in [1.82, 2.24) is 0 Å². The lowest BCUT2D eigenvalue weighted by Crippen LogP contribution is -1.88. The zero-order chi connectivity index (χ0) is 14.7. The third-order valence-electron chi connectivity index (χ3n) is 3.79. The van der Waals surface area contributed by atoms with Gasteiger partial charge in [0.25, 0.3) is 0 Å². The highest BCUT2D eigenvalue weighted by molar-refractivity contribution is 5.56. The van der Waals surface area contributed by atoms with Gasteiger partial charge in [-0.1, -0.05) is 84.0 Å². The van der Waals surface area contributed by atoms with Crippen LogP contribution in [0.1, 0.15) is 96.8 Å². The van der Waals surface area contributed by atoms with E-state index in [0.717, 1.165) is 6.42 Å². The molecular weight excluding hydrogens is 246 g/mol. The number of unbranched alkanes of at least 4 members (excludes halogenated alkanes) is 13. The molecule has 0 radical (unpaired) electrons. The quantitative estimate of drug-likeness (QED) is 0.293. The second kappa shape index (κ2) is 18.6. The molecule has 0 atom stereocenters. The molecule has 0 fully saturated rings. The van der Waals surface area contributed by atoms with Crippen molar-refractivity contribution in [1.29, 1.82) is 0 Å². The van der Waals surface area contributed by atoms with Crippen LogP contribution in [-0.4, -0.2) is 24.5 Å². The van der Waals surface area contributed by atoms with E-state index in [1.165, 1.54) is 83.5 Å². The van der Waals surface area contributed by atoms with Crippen molar-refractivity contribution in [2.45, 2.75) is 96.8 Å². The fourth-order valence-electron chi connectivity index (χ4n) is 2.49. The van der Waals surface area contributed by atoms with E-state index in [0.29, 0.717) is 6.54 Å². The summed E-state index contributed by atoms with van der Waals surface area (Å²) < 4.78 is 0. The van der Waals surface area contributed by atoms with E-state index in [4.69, 9.17) is 5.11 Å². The van der Waals surface area contributed by atoms with Gasteiger partial charge < -0.3 is 5.11 Å². The smallest absolute Gasteiger partial charge is 0.0626 e. The predicted molar refractivity (Wildman–Crippen MR) is 90.8 cm³/mol. The minimum atomic E-state index is 0.176. The van der Waals surface area contributed by atoms with Gasteiger partial charge in [-0.25, -0.2) is 0 Å². The van der Waals surface area contributed by atoms with Crippen molar-refractivity contribution in [3.63, 3.8) is 0 Å². The Balaban J connectivity index is 2.96. The Kier molecular flexibility index (Phi) is 18.3. The summed E-state index contributed by atoms with van der Waals surface area (Å²) in [4.78, 5) is 4.11. The molecule has 0 heterocycles. The van der Waals surface area contributed by atoms with E-state index < -0.39 is 0 Å². The van der Waals surface area contributed by atoms with Gasteiger partial charge in [-0.3, -0.25) is 4.99 Å². The van der Waals surface area contributed by atoms with Gasteiger partial charge in [0.1, 0.15) is 0 Å². The molecule has 0 aliphatic rings. The molecule has 0 amide bonds. The lowest BCUT2D eigenvalue weighted by atomic mass is 10.0. The molecule has 0 bridgehead atoms. The maximum absolute atomic E-state index is 8.57. The van der Waals surface area contributed by atoms with E-state index in [2.05, 4.69) is 11.9 Å². The molecule has 0 unspecified atom stereocenters. The van der Waals surface area contributed by atoms with Gasteiger partial charge in [-0.15, -0.1) is 0 Å². The van der Waals surface area contributed by atoms with E-state index in [-0.39, 0.29) is 6.61 Å². The second-order valence-electron chi connectivity index (χ2n) is 5.84. The third-order valence-corrected chi connectivity index (χ3v) is 3.79. The lowest BCUT2D eigenvalue weighted by molar-refractivity contribution is 0.307. The normalized spacial score (nSPS) is 11.5. The van der Waals surface area contributed by atoms with Gasteiger partial charge in [-0.05, 0) is 19.1 Å². The molecule has 0 saturated heterocycles. The van der Waals surface area contributed by atoms with Crippen molar-refractivity contribution in [2.24, 2.45) is 4.99 Å². The Morgan fingerprint density at radius 3 is 1.60 bits per heavy atom. The molecule has 120 valence electrons. The Morgan fingerprint density at radius 2 is 1.15 bits per heavy atom. The standard InChI is InChI=1S/C18H37NO/c1-2-3-4-5-6-7-8-9-10-11-12-13-14-15-16-19-17-18-20/h16,20H,2-15,17-18H2,1H3/b19-16-. The van der Waals surface area contributed by atoms with Gasteiger partial charge >= 0.3 is 0 Å². The highest BCUT2D eigenvalue weighted by Crippen LogP contribution is 2.12. The molecule has 20 heavy (non-hydrogen) atoms. The molecule has 0 aliphatic heterocycles. The van der Waals surface area contributed by atoms with E-state index in [9.17, 15) is 0 Å². The highest BCUT2D eigenvalue weighted by atomic mass is 16.3. The monoisotopic (exact) mass is 283 g/mol. The maximum Gasteiger partial charge on any atom is 0.0626 e. The van der Waals surface area contributed by atoms with Crippen LogP contribution in [0.15, 0.2) is 4.99 Å². The fraction of sp³-hybridized carbons (Fsp3) is 0.944. The first-order chi connectivity index (χ1) is 9.91. The van der Waals surface area contributed by atoms with Crippen LogP contribution in [0.4, 0.5) is 0 Å². The zero-order valence-electron chi connectivity index (χ0n) is 13.8. The molecule has 2 nitrogen and oxygen atoms in total. The van der Waals surface area contributed by atoms with Crippen LogP contribution >= 0.6 is 0 Å². The zero-order valence-corrected chi connectivity index (χ0v) is 13.8. The van der Waals surface area contributed by atoms with Crippen LogP contribution in [0.5, 0.6) is 0 Å². The minimum Gasteiger partial charge on any atom is -0.394 e. The summed E-state index contributed by atoms with van der Waals surface area (Å²) in [5, 5.41) is 8.57. The Morgan fingerprint density at radius 1 is 0.700 bits per heavy atom. The summed E-state index contributed by atoms with van der Waals surface area (Å²) >= 11 is 0. The summed E-state index contributed by atoms with van der Waals surface area (Å²) in [5.41, 5.74) is 0. The van der Waals surface area contributed by atoms with Crippen molar-refractivity contribution < 1.29 is 5.11 Å². The SMILES string of the molecule is CCCCCCCCCCCCCCC/C=N\CCO. The molecule has 0 aliphatic carbocycles. The molecule has 0 aromatic rings. The Bertz CT molecular complexity index is 192. The fourth-order valence-corrected chi connectivity index (χ4v) is 2.49. The molecule has 0 aromatic heterocycles. The average molecular weight is 283 g/mol. The summed E-state index contributed by atoms with van der Waals surface area (Å²) in [7, 11) is 0. The number of aliphatic hydroxyl groups is 1. The minimum absolute atomic E-state index is 0.176. The first kappa shape index (κ1) is 19.6. The predicted octanol–water partition coefficient (Wildman–Crippen LogP) is 5.53. The summed E-state index contributed by atoms with van der Waals surface area (Å²) in [5.74, 6) is 0. The number of aliphatic imine (C=N–C) groups is 1. The Hall–Kier alpha value is -0.370. The number of aliphatic hydroxyl groups excluding tert-OH is 1. The number of nitrogens with zero attached hydrogens (tertiary/aromatic N) is 1. The van der Waals surface area contributed by atoms with Crippen LogP contribution in [0.2, 0.25) is 0 Å². The molecule has 0 spiro atoms. The van der Waals surface area contributed by atoms with Gasteiger partial charge in [0.15, 0.2) is 0 Å². The van der Waals surface area contributed by atoms with Gasteiger partial charge in [0.05, 0.1) is 13.2 Å². The van der Waals surface area contributed by atoms with Gasteiger partial charge in [0, 0.05) is 0 Å². The summed E-state index contributed by atoms with van der Waals surface area (Å²) in [6.45, 7) is 3.02. The summed E-state index contributed by atoms with van der Waals surface area (Å²) in [6, 6.07) is 0. The van der Waals surface area contributed by atoms with Crippen molar-refractivity contribution in [3.05, 3.63) is 0 Å². The molecule has 0 rings (SSSR count). The van der Waals surface area contributed by atoms with Crippen LogP contribution in [0, 0.1) is 0 Å². The van der Waals surface area contributed by atoms with Crippen LogP contribution < -0.4 is 0 Å². The highest BCUT2D eigenvalue weighted by Gasteiger charge is 1.93. The second-order valence-corrected chi connectivity index (χ2v) is 5.84. The van der Waals surface area contributed by atoms with Gasteiger partial charge in [0.2, 0.25) is 0 Å².